The number of halogens is 1. The second-order valence-corrected chi connectivity index (χ2v) is 5.52. The third kappa shape index (κ3) is 1.93. The van der Waals surface area contributed by atoms with E-state index < -0.39 is 19.8 Å². The number of carbonyl (C=O) groups excluding carboxylic acids is 1. The van der Waals surface area contributed by atoms with Crippen molar-refractivity contribution in [2.75, 3.05) is 6.26 Å². The lowest BCUT2D eigenvalue weighted by molar-refractivity contribution is -0.117. The summed E-state index contributed by atoms with van der Waals surface area (Å²) in [7, 11) is -3.50. The molecule has 0 rings (SSSR count). The lowest BCUT2D eigenvalue weighted by Crippen LogP contribution is -2.38. The number of alkyl halides is 1. The van der Waals surface area contributed by atoms with Crippen LogP contribution in [0.2, 0.25) is 0 Å². The van der Waals surface area contributed by atoms with Crippen LogP contribution in [0, 0.1) is 0 Å². The zero-order chi connectivity index (χ0) is 9.28. The molecule has 0 aromatic rings. The number of ketones is 1. The van der Waals surface area contributed by atoms with E-state index in [-0.39, 0.29) is 6.42 Å². The Morgan fingerprint density at radius 3 is 1.91 bits per heavy atom. The first kappa shape index (κ1) is 10.9. The van der Waals surface area contributed by atoms with E-state index in [1.807, 2.05) is 0 Å². The van der Waals surface area contributed by atoms with Crippen LogP contribution in [0.25, 0.3) is 0 Å². The fourth-order valence-corrected chi connectivity index (χ4v) is 1.82. The molecule has 1 atom stereocenters. The van der Waals surface area contributed by atoms with Gasteiger partial charge in [-0.05, 0) is 13.3 Å². The van der Waals surface area contributed by atoms with Gasteiger partial charge in [-0.15, -0.1) is 0 Å². The normalized spacial score (nSPS) is 17.5. The molecule has 0 aromatic heterocycles. The zero-order valence-corrected chi connectivity index (χ0v) is 8.29. The van der Waals surface area contributed by atoms with Gasteiger partial charge < -0.3 is 0 Å². The van der Waals surface area contributed by atoms with Gasteiger partial charge in [0.1, 0.15) is 0 Å². The maximum Gasteiger partial charge on any atom is 0.202 e. The Hall–Kier alpha value is -0.0900. The van der Waals surface area contributed by atoms with Crippen molar-refractivity contribution >= 4 is 27.2 Å². The van der Waals surface area contributed by atoms with E-state index in [2.05, 4.69) is 0 Å². The van der Waals surface area contributed by atoms with Gasteiger partial charge in [-0.1, -0.05) is 18.5 Å². The molecule has 3 nitrogen and oxygen atoms in total. The molecule has 0 aliphatic heterocycles. The highest BCUT2D eigenvalue weighted by Crippen LogP contribution is 2.26. The summed E-state index contributed by atoms with van der Waals surface area (Å²) in [5.74, 6) is -0.524. The molecule has 0 N–H and O–H groups in total. The lowest BCUT2D eigenvalue weighted by atomic mass is 10.2. The molecule has 0 aliphatic rings. The molecule has 1 unspecified atom stereocenters. The van der Waals surface area contributed by atoms with Crippen LogP contribution >= 0.6 is 11.6 Å². The minimum Gasteiger partial charge on any atom is -0.297 e. The van der Waals surface area contributed by atoms with Crippen LogP contribution in [0.3, 0.4) is 0 Å². The highest BCUT2D eigenvalue weighted by molar-refractivity contribution is 7.94. The number of hydrogen-bond acceptors (Lipinski definition) is 3. The molecule has 0 amide bonds. The molecule has 0 saturated carbocycles. The Balaban J connectivity index is 5.09. The summed E-state index contributed by atoms with van der Waals surface area (Å²) in [6.45, 7) is 2.74. The Morgan fingerprint density at radius 2 is 1.91 bits per heavy atom. The largest absolute Gasteiger partial charge is 0.297 e. The summed E-state index contributed by atoms with van der Waals surface area (Å²) in [6, 6.07) is 0. The average Bonchev–Trinajstić information content (AvgIpc) is 1.83. The second kappa shape index (κ2) is 3.11. The van der Waals surface area contributed by atoms with E-state index >= 15 is 0 Å². The topological polar surface area (TPSA) is 51.2 Å². The summed E-state index contributed by atoms with van der Waals surface area (Å²) < 4.78 is 20.2. The summed E-state index contributed by atoms with van der Waals surface area (Å²) in [5, 5.41) is 0. The molecule has 0 spiro atoms. The van der Waals surface area contributed by atoms with Crippen LogP contribution in [0.15, 0.2) is 0 Å². The Kier molecular flexibility index (Phi) is 3.08. The van der Waals surface area contributed by atoms with Crippen LogP contribution < -0.4 is 0 Å². The van der Waals surface area contributed by atoms with Gasteiger partial charge in [0.15, 0.2) is 15.6 Å². The van der Waals surface area contributed by atoms with Crippen LogP contribution in [0.4, 0.5) is 0 Å². The van der Waals surface area contributed by atoms with E-state index in [0.717, 1.165) is 6.26 Å². The molecule has 0 bridgehead atoms. The van der Waals surface area contributed by atoms with Crippen molar-refractivity contribution in [2.45, 2.75) is 24.5 Å². The molecule has 11 heavy (non-hydrogen) atoms. The van der Waals surface area contributed by atoms with E-state index in [1.165, 1.54) is 6.92 Å². The number of hydrogen-bond donors (Lipinski definition) is 0. The number of sulfone groups is 1. The molecular weight excluding hydrogens is 188 g/mol. The lowest BCUT2D eigenvalue weighted by Gasteiger charge is -2.19. The van der Waals surface area contributed by atoms with Gasteiger partial charge >= 0.3 is 0 Å². The predicted molar refractivity (Wildman–Crippen MR) is 44.4 cm³/mol. The Labute approximate surface area is 71.7 Å². The summed E-state index contributed by atoms with van der Waals surface area (Å²) >= 11 is 5.60. The summed E-state index contributed by atoms with van der Waals surface area (Å²) in [5.41, 5.74) is 0. The number of carbonyl (C=O) groups is 1. The first-order valence-electron chi connectivity index (χ1n) is 3.15. The van der Waals surface area contributed by atoms with E-state index in [9.17, 15) is 13.2 Å². The minimum atomic E-state index is -3.50. The molecule has 0 aliphatic carbocycles. The van der Waals surface area contributed by atoms with Gasteiger partial charge in [0.25, 0.3) is 0 Å². The van der Waals surface area contributed by atoms with Gasteiger partial charge in [-0.25, -0.2) is 8.42 Å². The predicted octanol–water partition coefficient (Wildman–Crippen LogP) is 0.965. The van der Waals surface area contributed by atoms with Crippen molar-refractivity contribution in [3.05, 3.63) is 0 Å². The van der Waals surface area contributed by atoms with Crippen molar-refractivity contribution in [1.29, 1.82) is 0 Å². The maximum atomic E-state index is 11.0. The summed E-state index contributed by atoms with van der Waals surface area (Å²) in [6.07, 6.45) is 1.06. The van der Waals surface area contributed by atoms with Crippen molar-refractivity contribution in [2.24, 2.45) is 0 Å². The smallest absolute Gasteiger partial charge is 0.202 e. The van der Waals surface area contributed by atoms with E-state index in [4.69, 9.17) is 11.6 Å². The first-order valence-corrected chi connectivity index (χ1v) is 5.42. The zero-order valence-electron chi connectivity index (χ0n) is 6.72. The standard InChI is InChI=1S/C6H11ClO3S/c1-4-6(7,5(2)8)11(3,9)10/h4H2,1-3H3. The first-order chi connectivity index (χ1) is 4.75. The average molecular weight is 199 g/mol. The van der Waals surface area contributed by atoms with E-state index in [1.54, 1.807) is 6.92 Å². The fourth-order valence-electron chi connectivity index (χ4n) is 0.772. The van der Waals surface area contributed by atoms with Crippen LogP contribution in [-0.4, -0.2) is 24.7 Å². The van der Waals surface area contributed by atoms with Gasteiger partial charge in [0, 0.05) is 6.26 Å². The molecular formula is C6H11ClO3S. The van der Waals surface area contributed by atoms with Gasteiger partial charge in [0.05, 0.1) is 0 Å². The SMILES string of the molecule is CCC(Cl)(C(C)=O)S(C)(=O)=O. The number of rotatable bonds is 3. The second-order valence-electron chi connectivity index (χ2n) is 2.41. The molecule has 0 aromatic carbocycles. The van der Waals surface area contributed by atoms with Crippen LogP contribution in [0.5, 0.6) is 0 Å². The maximum absolute atomic E-state index is 11.0. The number of Topliss-reactive ketones (excluding diaryl/α,β-unsaturated/α-hetero) is 1. The highest BCUT2D eigenvalue weighted by Gasteiger charge is 2.41. The third-order valence-corrected chi connectivity index (χ3v) is 4.69. The quantitative estimate of drug-likeness (QED) is 0.635. The van der Waals surface area contributed by atoms with Crippen molar-refractivity contribution < 1.29 is 13.2 Å². The Morgan fingerprint density at radius 1 is 1.55 bits per heavy atom. The van der Waals surface area contributed by atoms with Crippen molar-refractivity contribution in [3.63, 3.8) is 0 Å². The molecule has 5 heteroatoms. The fraction of sp³-hybridized carbons (Fsp3) is 0.833. The minimum absolute atomic E-state index is 0.0999. The third-order valence-electron chi connectivity index (χ3n) is 1.57. The van der Waals surface area contributed by atoms with Gasteiger partial charge in [-0.3, -0.25) is 4.79 Å². The van der Waals surface area contributed by atoms with Crippen LogP contribution in [-0.2, 0) is 14.6 Å². The van der Waals surface area contributed by atoms with Gasteiger partial charge in [0.2, 0.25) is 4.21 Å². The van der Waals surface area contributed by atoms with Crippen LogP contribution in [0.1, 0.15) is 20.3 Å². The molecule has 0 fully saturated rings. The van der Waals surface area contributed by atoms with E-state index in [0.29, 0.717) is 0 Å². The van der Waals surface area contributed by atoms with Gasteiger partial charge in [-0.2, -0.15) is 0 Å². The Bertz CT molecular complexity index is 257. The molecule has 0 radical (unpaired) electrons. The molecule has 0 heterocycles. The highest BCUT2D eigenvalue weighted by atomic mass is 35.5. The van der Waals surface area contributed by atoms with Crippen molar-refractivity contribution in [1.82, 2.24) is 0 Å². The molecule has 66 valence electrons. The van der Waals surface area contributed by atoms with Crippen molar-refractivity contribution in [3.8, 4) is 0 Å². The monoisotopic (exact) mass is 198 g/mol. The summed E-state index contributed by atoms with van der Waals surface area (Å²) in [4.78, 5) is 10.8. The molecule has 0 saturated heterocycles.